The van der Waals surface area contributed by atoms with Crippen LogP contribution in [0.15, 0.2) is 36.4 Å². The molecule has 0 fully saturated rings. The highest BCUT2D eigenvalue weighted by Crippen LogP contribution is 2.40. The van der Waals surface area contributed by atoms with Gasteiger partial charge in [0.25, 0.3) is 0 Å². The smallest absolute Gasteiger partial charge is 0.206 e. The Kier molecular flexibility index (Phi) is 5.26. The molecule has 2 aromatic carbocycles. The molecule has 5 heteroatoms. The molecule has 0 radical (unpaired) electrons. The monoisotopic (exact) mass is 406 g/mol. The Bertz CT molecular complexity index is 931. The molecule has 0 N–H and O–H groups in total. The molecule has 0 nitrogen and oxygen atoms in total. The number of rotatable bonds is 2. The summed E-state index contributed by atoms with van der Waals surface area (Å²) in [6, 6.07) is 5.97. The van der Waals surface area contributed by atoms with Crippen molar-refractivity contribution in [3.05, 3.63) is 81.4 Å². The number of halogens is 5. The lowest BCUT2D eigenvalue weighted by atomic mass is 9.73. The van der Waals surface area contributed by atoms with Gasteiger partial charge in [0.1, 0.15) is 17.2 Å². The summed E-state index contributed by atoms with van der Waals surface area (Å²) in [5.41, 5.74) is 3.79. The van der Waals surface area contributed by atoms with E-state index in [1.54, 1.807) is 0 Å². The number of allylic oxidation sites excluding steroid dienone is 2. The summed E-state index contributed by atoms with van der Waals surface area (Å²) in [4.78, 5) is 0. The van der Waals surface area contributed by atoms with E-state index < -0.39 is 23.4 Å². The molecule has 0 amide bonds. The molecule has 0 saturated carbocycles. The highest BCUT2D eigenvalue weighted by Gasteiger charge is 2.38. The molecule has 0 saturated heterocycles. The molecule has 0 aliphatic heterocycles. The first-order valence-electron chi connectivity index (χ1n) is 10.1. The molecule has 0 bridgehead atoms. The van der Waals surface area contributed by atoms with Crippen LogP contribution < -0.4 is 0 Å². The van der Waals surface area contributed by atoms with E-state index in [1.165, 1.54) is 16.7 Å². The minimum atomic E-state index is -5.03. The van der Waals surface area contributed by atoms with E-state index in [9.17, 15) is 22.0 Å². The van der Waals surface area contributed by atoms with Gasteiger partial charge in [-0.3, -0.25) is 0 Å². The third-order valence-corrected chi connectivity index (χ3v) is 6.37. The van der Waals surface area contributed by atoms with Crippen molar-refractivity contribution in [2.45, 2.75) is 57.5 Å². The summed E-state index contributed by atoms with van der Waals surface area (Å²) >= 11 is 0. The van der Waals surface area contributed by atoms with Crippen LogP contribution in [0.3, 0.4) is 0 Å². The summed E-state index contributed by atoms with van der Waals surface area (Å²) in [5, 5.41) is 0. The fourth-order valence-electron chi connectivity index (χ4n) is 5.02. The van der Waals surface area contributed by atoms with Gasteiger partial charge >= 0.3 is 6.18 Å². The molecule has 0 spiro atoms. The molecule has 2 atom stereocenters. The van der Waals surface area contributed by atoms with Crippen LogP contribution in [0, 0.1) is 17.6 Å². The van der Waals surface area contributed by atoms with Crippen molar-refractivity contribution in [3.8, 4) is 0 Å². The lowest BCUT2D eigenvalue weighted by Gasteiger charge is -2.31. The van der Waals surface area contributed by atoms with Gasteiger partial charge in [-0.25, -0.2) is 8.78 Å². The maximum Gasteiger partial charge on any atom is 0.422 e. The molecule has 0 heterocycles. The lowest BCUT2D eigenvalue weighted by molar-refractivity contribution is -0.142. The zero-order valence-corrected chi connectivity index (χ0v) is 16.3. The Morgan fingerprint density at radius 3 is 2.07 bits per heavy atom. The highest BCUT2D eigenvalue weighted by atomic mass is 19.4. The molecule has 154 valence electrons. The van der Waals surface area contributed by atoms with Gasteiger partial charge in [-0.05, 0) is 97.2 Å². The Balaban J connectivity index is 1.61. The van der Waals surface area contributed by atoms with Crippen molar-refractivity contribution in [1.29, 1.82) is 0 Å². The molecule has 2 aliphatic rings. The maximum absolute atomic E-state index is 14.0. The van der Waals surface area contributed by atoms with Gasteiger partial charge in [0.2, 0.25) is 0 Å². The van der Waals surface area contributed by atoms with Crippen LogP contribution in [0.2, 0.25) is 0 Å². The minimum Gasteiger partial charge on any atom is -0.206 e. The SMILES string of the molecule is CC=CC1CCc2c(ccc3c2CCC(c2cc(F)c(C(F)(F)F)c(F)c2)C3)C1. The Morgan fingerprint density at radius 2 is 1.48 bits per heavy atom. The summed E-state index contributed by atoms with van der Waals surface area (Å²) < 4.78 is 66.5. The fraction of sp³-hybridized carbons (Fsp3) is 0.417. The van der Waals surface area contributed by atoms with Gasteiger partial charge in [-0.2, -0.15) is 13.2 Å². The van der Waals surface area contributed by atoms with E-state index in [2.05, 4.69) is 24.3 Å². The molecule has 2 aromatic rings. The summed E-state index contributed by atoms with van der Waals surface area (Å²) in [5.74, 6) is -2.66. The van der Waals surface area contributed by atoms with Gasteiger partial charge < -0.3 is 0 Å². The number of hydrogen-bond acceptors (Lipinski definition) is 0. The lowest BCUT2D eigenvalue weighted by Crippen LogP contribution is -2.20. The third kappa shape index (κ3) is 3.84. The van der Waals surface area contributed by atoms with E-state index in [0.717, 1.165) is 43.4 Å². The molecule has 29 heavy (non-hydrogen) atoms. The van der Waals surface area contributed by atoms with Crippen molar-refractivity contribution in [2.24, 2.45) is 5.92 Å². The van der Waals surface area contributed by atoms with E-state index in [1.807, 2.05) is 6.92 Å². The highest BCUT2D eigenvalue weighted by molar-refractivity contribution is 5.46. The zero-order valence-electron chi connectivity index (χ0n) is 16.3. The van der Waals surface area contributed by atoms with E-state index >= 15 is 0 Å². The van der Waals surface area contributed by atoms with Crippen LogP contribution in [0.5, 0.6) is 0 Å². The Hall–Kier alpha value is -2.17. The van der Waals surface area contributed by atoms with Crippen molar-refractivity contribution in [3.63, 3.8) is 0 Å². The number of hydrogen-bond donors (Lipinski definition) is 0. The van der Waals surface area contributed by atoms with Crippen molar-refractivity contribution < 1.29 is 22.0 Å². The standard InChI is InChI=1S/C24H23F5/c1-2-3-14-4-8-19-16(10-14)5-6-17-11-15(7-9-20(17)19)18-12-21(25)23(22(26)13-18)24(27,28)29/h2-3,5-6,12-15H,4,7-11H2,1H3. The third-order valence-electron chi connectivity index (χ3n) is 6.37. The first-order chi connectivity index (χ1) is 13.8. The predicted octanol–water partition coefficient (Wildman–Crippen LogP) is 6.94. The van der Waals surface area contributed by atoms with Crippen LogP contribution in [0.25, 0.3) is 0 Å². The topological polar surface area (TPSA) is 0 Å². The van der Waals surface area contributed by atoms with Gasteiger partial charge in [-0.15, -0.1) is 0 Å². The predicted molar refractivity (Wildman–Crippen MR) is 103 cm³/mol. The normalized spacial score (nSPS) is 21.9. The van der Waals surface area contributed by atoms with Crippen molar-refractivity contribution >= 4 is 0 Å². The molecule has 2 aliphatic carbocycles. The number of benzene rings is 2. The Labute approximate surface area is 167 Å². The fourth-order valence-corrected chi connectivity index (χ4v) is 5.02. The molecule has 2 unspecified atom stereocenters. The summed E-state index contributed by atoms with van der Waals surface area (Å²) in [6.07, 6.45) is 4.59. The number of fused-ring (bicyclic) bond motifs is 3. The second-order valence-corrected chi connectivity index (χ2v) is 8.17. The van der Waals surface area contributed by atoms with Crippen LogP contribution in [0.1, 0.15) is 59.1 Å². The summed E-state index contributed by atoms with van der Waals surface area (Å²) in [7, 11) is 0. The van der Waals surface area contributed by atoms with Crippen molar-refractivity contribution in [2.75, 3.05) is 0 Å². The van der Waals surface area contributed by atoms with Crippen molar-refractivity contribution in [1.82, 2.24) is 0 Å². The van der Waals surface area contributed by atoms with Crippen LogP contribution in [-0.2, 0) is 31.9 Å². The Morgan fingerprint density at radius 1 is 0.897 bits per heavy atom. The first kappa shape index (κ1) is 20.1. The van der Waals surface area contributed by atoms with E-state index in [-0.39, 0.29) is 5.92 Å². The first-order valence-corrected chi connectivity index (χ1v) is 10.1. The average Bonchev–Trinajstić information content (AvgIpc) is 2.65. The zero-order chi connectivity index (χ0) is 20.8. The van der Waals surface area contributed by atoms with E-state index in [4.69, 9.17) is 0 Å². The second kappa shape index (κ2) is 7.58. The van der Waals surface area contributed by atoms with Gasteiger partial charge in [0.15, 0.2) is 0 Å². The number of alkyl halides is 3. The quantitative estimate of drug-likeness (QED) is 0.374. The average molecular weight is 406 g/mol. The molecular formula is C24H23F5. The summed E-state index contributed by atoms with van der Waals surface area (Å²) in [6.45, 7) is 2.04. The molecule has 4 rings (SSSR count). The van der Waals surface area contributed by atoms with Gasteiger partial charge in [-0.1, -0.05) is 24.3 Å². The largest absolute Gasteiger partial charge is 0.422 e. The van der Waals surface area contributed by atoms with Crippen LogP contribution >= 0.6 is 0 Å². The van der Waals surface area contributed by atoms with Gasteiger partial charge in [0.05, 0.1) is 0 Å². The van der Waals surface area contributed by atoms with Crippen LogP contribution in [0.4, 0.5) is 22.0 Å². The maximum atomic E-state index is 14.0. The van der Waals surface area contributed by atoms with Gasteiger partial charge in [0, 0.05) is 0 Å². The minimum absolute atomic E-state index is 0.175. The molecule has 0 aromatic heterocycles. The molecular weight excluding hydrogens is 383 g/mol. The second-order valence-electron chi connectivity index (χ2n) is 8.17. The van der Waals surface area contributed by atoms with Crippen LogP contribution in [-0.4, -0.2) is 0 Å². The van der Waals surface area contributed by atoms with E-state index in [0.29, 0.717) is 24.3 Å².